The van der Waals surface area contributed by atoms with Crippen molar-refractivity contribution in [2.75, 3.05) is 39.8 Å². The Balaban J connectivity index is 1.87. The first-order chi connectivity index (χ1) is 14.8. The van der Waals surface area contributed by atoms with E-state index in [4.69, 9.17) is 9.47 Å². The van der Waals surface area contributed by atoms with E-state index in [1.165, 1.54) is 7.11 Å². The number of benzene rings is 2. The lowest BCUT2D eigenvalue weighted by molar-refractivity contribution is -0.136. The Morgan fingerprint density at radius 3 is 2.23 bits per heavy atom. The zero-order valence-corrected chi connectivity index (χ0v) is 18.6. The molecule has 0 unspecified atom stereocenters. The van der Waals surface area contributed by atoms with Crippen LogP contribution in [-0.2, 0) is 20.7 Å². The fourth-order valence-electron chi connectivity index (χ4n) is 3.57. The molecule has 0 fully saturated rings. The molecule has 0 bridgehead atoms. The van der Waals surface area contributed by atoms with E-state index in [0.717, 1.165) is 22.6 Å². The van der Waals surface area contributed by atoms with Crippen molar-refractivity contribution in [2.45, 2.75) is 13.3 Å². The summed E-state index contributed by atoms with van der Waals surface area (Å²) >= 11 is 0. The number of methoxy groups -OCH3 is 2. The topological polar surface area (TPSA) is 59.1 Å². The van der Waals surface area contributed by atoms with Crippen molar-refractivity contribution >= 4 is 23.6 Å². The van der Waals surface area contributed by atoms with Crippen molar-refractivity contribution < 1.29 is 19.1 Å². The Morgan fingerprint density at radius 1 is 1.03 bits per heavy atom. The highest BCUT2D eigenvalue weighted by Crippen LogP contribution is 2.32. The first kappa shape index (κ1) is 22.2. The third-order valence-electron chi connectivity index (χ3n) is 5.40. The third-order valence-corrected chi connectivity index (χ3v) is 5.40. The van der Waals surface area contributed by atoms with E-state index < -0.39 is 5.97 Å². The smallest absolute Gasteiger partial charge is 0.340 e. The molecule has 0 radical (unpaired) electrons. The minimum absolute atomic E-state index is 0.192. The van der Waals surface area contributed by atoms with Crippen LogP contribution in [0.1, 0.15) is 18.1 Å². The van der Waals surface area contributed by atoms with Gasteiger partial charge < -0.3 is 19.3 Å². The molecule has 0 aromatic heterocycles. The first-order valence-electron chi connectivity index (χ1n) is 10.1. The second-order valence-corrected chi connectivity index (χ2v) is 7.55. The summed E-state index contributed by atoms with van der Waals surface area (Å²) in [5.74, 6) is 0.0904. The quantitative estimate of drug-likeness (QED) is 0.505. The zero-order valence-electron chi connectivity index (χ0n) is 18.6. The van der Waals surface area contributed by atoms with Gasteiger partial charge >= 0.3 is 5.97 Å². The molecule has 1 aliphatic heterocycles. The number of rotatable bonds is 7. The van der Waals surface area contributed by atoms with Crippen LogP contribution < -0.4 is 9.64 Å². The summed E-state index contributed by atoms with van der Waals surface area (Å²) in [7, 11) is 6.89. The number of hydrogen-bond acceptors (Lipinski definition) is 5. The molecule has 3 rings (SSSR count). The predicted molar refractivity (Wildman–Crippen MR) is 122 cm³/mol. The van der Waals surface area contributed by atoms with E-state index in [9.17, 15) is 9.59 Å². The molecule has 0 saturated carbocycles. The number of ether oxygens (including phenoxy) is 2. The largest absolute Gasteiger partial charge is 0.497 e. The minimum atomic E-state index is -0.506. The molecule has 0 aliphatic carbocycles. The molecule has 2 aromatic carbocycles. The van der Waals surface area contributed by atoms with E-state index in [1.807, 2.05) is 67.5 Å². The number of amides is 1. The van der Waals surface area contributed by atoms with Crippen molar-refractivity contribution in [3.8, 4) is 5.75 Å². The summed E-state index contributed by atoms with van der Waals surface area (Å²) in [5, 5.41) is 0. The Labute approximate surface area is 183 Å². The second-order valence-electron chi connectivity index (χ2n) is 7.55. The molecular formula is C25H28N2O4. The van der Waals surface area contributed by atoms with Gasteiger partial charge in [-0.25, -0.2) is 4.79 Å². The van der Waals surface area contributed by atoms with Crippen LogP contribution in [0.3, 0.4) is 0 Å². The van der Waals surface area contributed by atoms with Crippen molar-refractivity contribution in [1.29, 1.82) is 0 Å². The molecule has 6 heteroatoms. The van der Waals surface area contributed by atoms with Gasteiger partial charge in [0.1, 0.15) is 5.75 Å². The van der Waals surface area contributed by atoms with E-state index in [-0.39, 0.29) is 5.91 Å². The van der Waals surface area contributed by atoms with Crippen LogP contribution in [0.5, 0.6) is 5.75 Å². The maximum atomic E-state index is 13.2. The van der Waals surface area contributed by atoms with Crippen LogP contribution in [0, 0.1) is 0 Å². The summed E-state index contributed by atoms with van der Waals surface area (Å²) < 4.78 is 10.2. The van der Waals surface area contributed by atoms with Gasteiger partial charge in [-0.1, -0.05) is 24.3 Å². The summed E-state index contributed by atoms with van der Waals surface area (Å²) in [6.07, 6.45) is 2.41. The predicted octanol–water partition coefficient (Wildman–Crippen LogP) is 3.68. The van der Waals surface area contributed by atoms with Crippen LogP contribution in [0.4, 0.5) is 5.69 Å². The summed E-state index contributed by atoms with van der Waals surface area (Å²) in [4.78, 5) is 29.4. The Morgan fingerprint density at radius 2 is 1.68 bits per heavy atom. The molecule has 0 atom stereocenters. The lowest BCUT2D eigenvalue weighted by Gasteiger charge is -2.18. The number of carbonyl (C=O) groups excluding carboxylic acids is 2. The van der Waals surface area contributed by atoms with Crippen molar-refractivity contribution in [2.24, 2.45) is 0 Å². The van der Waals surface area contributed by atoms with Crippen LogP contribution in [0.15, 0.2) is 65.4 Å². The number of anilines is 1. The van der Waals surface area contributed by atoms with Gasteiger partial charge in [0.25, 0.3) is 5.91 Å². The van der Waals surface area contributed by atoms with Gasteiger partial charge in [-0.05, 0) is 54.8 Å². The van der Waals surface area contributed by atoms with Crippen molar-refractivity contribution in [3.63, 3.8) is 0 Å². The van der Waals surface area contributed by atoms with Gasteiger partial charge in [-0.3, -0.25) is 4.79 Å². The van der Waals surface area contributed by atoms with E-state index in [1.54, 1.807) is 25.0 Å². The van der Waals surface area contributed by atoms with Gasteiger partial charge in [0, 0.05) is 32.0 Å². The Bertz CT molecular complexity index is 1020. The van der Waals surface area contributed by atoms with Crippen LogP contribution >= 0.6 is 0 Å². The molecule has 31 heavy (non-hydrogen) atoms. The Kier molecular flexibility index (Phi) is 6.80. The normalized spacial score (nSPS) is 14.9. The molecule has 1 amide bonds. The maximum absolute atomic E-state index is 13.2. The van der Waals surface area contributed by atoms with Crippen molar-refractivity contribution in [1.82, 2.24) is 4.90 Å². The molecule has 1 heterocycles. The van der Waals surface area contributed by atoms with Crippen molar-refractivity contribution in [3.05, 3.63) is 76.5 Å². The number of hydrogen-bond donors (Lipinski definition) is 0. The van der Waals surface area contributed by atoms with Gasteiger partial charge in [0.15, 0.2) is 0 Å². The lowest BCUT2D eigenvalue weighted by Crippen LogP contribution is -2.27. The molecule has 0 N–H and O–H groups in total. The number of allylic oxidation sites excluding steroid dienone is 1. The fourth-order valence-corrected chi connectivity index (χ4v) is 3.57. The molecule has 0 saturated heterocycles. The lowest BCUT2D eigenvalue weighted by atomic mass is 10.0. The maximum Gasteiger partial charge on any atom is 0.340 e. The van der Waals surface area contributed by atoms with E-state index >= 15 is 0 Å². The van der Waals surface area contributed by atoms with E-state index in [2.05, 4.69) is 0 Å². The minimum Gasteiger partial charge on any atom is -0.497 e. The van der Waals surface area contributed by atoms with E-state index in [0.29, 0.717) is 29.8 Å². The molecule has 162 valence electrons. The fraction of sp³-hybridized carbons (Fsp3) is 0.280. The molecule has 2 aromatic rings. The highest BCUT2D eigenvalue weighted by Gasteiger charge is 2.36. The highest BCUT2D eigenvalue weighted by molar-refractivity contribution is 6.16. The van der Waals surface area contributed by atoms with Crippen LogP contribution in [0.25, 0.3) is 6.08 Å². The van der Waals surface area contributed by atoms with Crippen LogP contribution in [0.2, 0.25) is 0 Å². The number of esters is 1. The average Bonchev–Trinajstić information content (AvgIpc) is 3.01. The van der Waals surface area contributed by atoms with Gasteiger partial charge in [0.05, 0.1) is 25.4 Å². The monoisotopic (exact) mass is 420 g/mol. The number of carbonyl (C=O) groups is 2. The first-order valence-corrected chi connectivity index (χ1v) is 10.1. The summed E-state index contributed by atoms with van der Waals surface area (Å²) in [6, 6.07) is 15.5. The summed E-state index contributed by atoms with van der Waals surface area (Å²) in [5.41, 5.74) is 4.27. The number of nitrogens with zero attached hydrogens (tertiary/aromatic N) is 2. The standard InChI is InChI=1S/C25H28N2O4/c1-17-23(25(29)31-5)22(16-19-6-10-20(11-7-19)26(2)3)24(28)27(17)15-14-18-8-12-21(30-4)13-9-18/h6-13,16H,14-15H2,1-5H3/b22-16-. The third kappa shape index (κ3) is 4.79. The SMILES string of the molecule is COC(=O)C1=C(C)N(CCc2ccc(OC)cc2)C(=O)/C1=C\c1ccc(N(C)C)cc1. The Hall–Kier alpha value is -3.54. The van der Waals surface area contributed by atoms with Crippen LogP contribution in [-0.4, -0.2) is 51.6 Å². The van der Waals surface area contributed by atoms with Gasteiger partial charge in [0.2, 0.25) is 0 Å². The molecular weight excluding hydrogens is 392 g/mol. The van der Waals surface area contributed by atoms with Gasteiger partial charge in [-0.15, -0.1) is 0 Å². The van der Waals surface area contributed by atoms with Gasteiger partial charge in [-0.2, -0.15) is 0 Å². The average molecular weight is 421 g/mol. The molecule has 6 nitrogen and oxygen atoms in total. The highest BCUT2D eigenvalue weighted by atomic mass is 16.5. The molecule has 1 aliphatic rings. The zero-order chi connectivity index (χ0) is 22.5. The second kappa shape index (κ2) is 9.51. The molecule has 0 spiro atoms. The summed E-state index contributed by atoms with van der Waals surface area (Å²) in [6.45, 7) is 2.25.